The molecule has 23 heavy (non-hydrogen) atoms. The maximum atomic E-state index is 12.2. The van der Waals surface area contributed by atoms with Crippen LogP contribution in [0.5, 0.6) is 5.75 Å². The van der Waals surface area contributed by atoms with Crippen molar-refractivity contribution < 1.29 is 13.9 Å². The van der Waals surface area contributed by atoms with Gasteiger partial charge in [0.2, 0.25) is 0 Å². The third kappa shape index (κ3) is 5.84. The van der Waals surface area contributed by atoms with E-state index in [0.29, 0.717) is 23.7 Å². The number of amides is 1. The van der Waals surface area contributed by atoms with Crippen LogP contribution >= 0.6 is 23.4 Å². The van der Waals surface area contributed by atoms with E-state index < -0.39 is 6.10 Å². The van der Waals surface area contributed by atoms with Crippen molar-refractivity contribution in [3.63, 3.8) is 0 Å². The summed E-state index contributed by atoms with van der Waals surface area (Å²) in [6, 6.07) is 11.0. The molecule has 0 saturated heterocycles. The van der Waals surface area contributed by atoms with Crippen LogP contribution in [0.3, 0.4) is 0 Å². The zero-order valence-corrected chi connectivity index (χ0v) is 14.5. The van der Waals surface area contributed by atoms with Crippen molar-refractivity contribution in [2.75, 3.05) is 12.3 Å². The Kier molecular flexibility index (Phi) is 7.36. The number of para-hydroxylation sites is 1. The van der Waals surface area contributed by atoms with Crippen LogP contribution in [0, 0.1) is 0 Å². The van der Waals surface area contributed by atoms with E-state index in [2.05, 4.69) is 5.32 Å². The lowest BCUT2D eigenvalue weighted by Crippen LogP contribution is -2.39. The number of ether oxygens (including phenoxy) is 1. The largest absolute Gasteiger partial charge is 0.479 e. The minimum absolute atomic E-state index is 0.119. The van der Waals surface area contributed by atoms with Crippen molar-refractivity contribution in [2.45, 2.75) is 25.2 Å². The van der Waals surface area contributed by atoms with E-state index in [1.165, 1.54) is 0 Å². The second-order valence-electron chi connectivity index (χ2n) is 4.87. The summed E-state index contributed by atoms with van der Waals surface area (Å²) >= 11 is 7.76. The van der Waals surface area contributed by atoms with Crippen molar-refractivity contribution in [3.05, 3.63) is 53.4 Å². The maximum Gasteiger partial charge on any atom is 0.261 e. The zero-order valence-electron chi connectivity index (χ0n) is 13.0. The summed E-state index contributed by atoms with van der Waals surface area (Å²) in [5.74, 6) is 2.97. The molecule has 0 fully saturated rings. The fourth-order valence-electron chi connectivity index (χ4n) is 1.94. The van der Waals surface area contributed by atoms with Gasteiger partial charge in [-0.2, -0.15) is 11.8 Å². The van der Waals surface area contributed by atoms with Gasteiger partial charge in [-0.15, -0.1) is 0 Å². The lowest BCUT2D eigenvalue weighted by molar-refractivity contribution is -0.127. The highest BCUT2D eigenvalue weighted by Gasteiger charge is 2.18. The standard InChI is InChI=1S/C17H20ClNO3S/c1-2-15(22-16-8-4-3-7-14(16)18)17(20)19-9-11-23-12-13-6-5-10-21-13/h3-8,10,15H,2,9,11-12H2,1H3,(H,19,20)/t15-/m1/s1. The molecule has 1 aromatic heterocycles. The smallest absolute Gasteiger partial charge is 0.261 e. The number of benzene rings is 1. The molecule has 0 spiro atoms. The van der Waals surface area contributed by atoms with Gasteiger partial charge in [0, 0.05) is 12.3 Å². The number of furan rings is 1. The molecule has 2 rings (SSSR count). The summed E-state index contributed by atoms with van der Waals surface area (Å²) in [6.45, 7) is 2.50. The second-order valence-corrected chi connectivity index (χ2v) is 6.38. The van der Waals surface area contributed by atoms with Gasteiger partial charge in [-0.05, 0) is 30.7 Å². The average Bonchev–Trinajstić information content (AvgIpc) is 3.07. The first-order chi connectivity index (χ1) is 11.2. The fourth-order valence-corrected chi connectivity index (χ4v) is 2.88. The Balaban J connectivity index is 1.71. The van der Waals surface area contributed by atoms with E-state index in [0.717, 1.165) is 17.3 Å². The third-order valence-electron chi connectivity index (χ3n) is 3.14. The fraction of sp³-hybridized carbons (Fsp3) is 0.353. The quantitative estimate of drug-likeness (QED) is 0.688. The Bertz CT molecular complexity index is 604. The topological polar surface area (TPSA) is 51.5 Å². The normalized spacial score (nSPS) is 11.9. The van der Waals surface area contributed by atoms with Crippen molar-refractivity contribution >= 4 is 29.3 Å². The first-order valence-electron chi connectivity index (χ1n) is 7.49. The highest BCUT2D eigenvalue weighted by molar-refractivity contribution is 7.98. The van der Waals surface area contributed by atoms with Crippen LogP contribution in [-0.2, 0) is 10.5 Å². The Morgan fingerprint density at radius 3 is 2.87 bits per heavy atom. The van der Waals surface area contributed by atoms with Crippen LogP contribution in [0.1, 0.15) is 19.1 Å². The summed E-state index contributed by atoms with van der Waals surface area (Å²) in [7, 11) is 0. The highest BCUT2D eigenvalue weighted by Crippen LogP contribution is 2.24. The number of hydrogen-bond acceptors (Lipinski definition) is 4. The molecule has 0 saturated carbocycles. The van der Waals surface area contributed by atoms with E-state index in [1.54, 1.807) is 30.2 Å². The van der Waals surface area contributed by atoms with Crippen LogP contribution in [0.4, 0.5) is 0 Å². The Hall–Kier alpha value is -1.59. The van der Waals surface area contributed by atoms with E-state index in [-0.39, 0.29) is 5.91 Å². The molecule has 0 aliphatic rings. The van der Waals surface area contributed by atoms with Gasteiger partial charge in [0.25, 0.3) is 5.91 Å². The first kappa shape index (κ1) is 17.8. The molecule has 1 heterocycles. The van der Waals surface area contributed by atoms with Gasteiger partial charge >= 0.3 is 0 Å². The summed E-state index contributed by atoms with van der Waals surface area (Å²) in [5, 5.41) is 3.40. The molecule has 0 aliphatic carbocycles. The summed E-state index contributed by atoms with van der Waals surface area (Å²) in [5.41, 5.74) is 0. The van der Waals surface area contributed by atoms with Gasteiger partial charge in [-0.3, -0.25) is 4.79 Å². The Labute approximate surface area is 145 Å². The molecule has 124 valence electrons. The minimum Gasteiger partial charge on any atom is -0.479 e. The van der Waals surface area contributed by atoms with Crippen molar-refractivity contribution in [3.8, 4) is 5.75 Å². The zero-order chi connectivity index (χ0) is 16.5. The van der Waals surface area contributed by atoms with E-state index in [1.807, 2.05) is 31.2 Å². The molecule has 1 atom stereocenters. The van der Waals surface area contributed by atoms with Gasteiger partial charge in [0.15, 0.2) is 6.10 Å². The van der Waals surface area contributed by atoms with Crippen LogP contribution in [0.25, 0.3) is 0 Å². The molecule has 4 nitrogen and oxygen atoms in total. The first-order valence-corrected chi connectivity index (χ1v) is 9.03. The van der Waals surface area contributed by atoms with Gasteiger partial charge in [-0.25, -0.2) is 0 Å². The Morgan fingerprint density at radius 1 is 1.35 bits per heavy atom. The Morgan fingerprint density at radius 2 is 2.17 bits per heavy atom. The number of carbonyl (C=O) groups excluding carboxylic acids is 1. The molecule has 6 heteroatoms. The van der Waals surface area contributed by atoms with Crippen LogP contribution in [0.15, 0.2) is 47.1 Å². The van der Waals surface area contributed by atoms with Crippen molar-refractivity contribution in [2.24, 2.45) is 0 Å². The van der Waals surface area contributed by atoms with Gasteiger partial charge in [0.1, 0.15) is 11.5 Å². The molecule has 0 aliphatic heterocycles. The van der Waals surface area contributed by atoms with Crippen LogP contribution in [0.2, 0.25) is 5.02 Å². The molecule has 0 unspecified atom stereocenters. The molecular formula is C17H20ClNO3S. The molecular weight excluding hydrogens is 334 g/mol. The van der Waals surface area contributed by atoms with Crippen LogP contribution < -0.4 is 10.1 Å². The summed E-state index contributed by atoms with van der Waals surface area (Å²) < 4.78 is 11.0. The monoisotopic (exact) mass is 353 g/mol. The van der Waals surface area contributed by atoms with Crippen molar-refractivity contribution in [1.29, 1.82) is 0 Å². The van der Waals surface area contributed by atoms with Crippen LogP contribution in [-0.4, -0.2) is 24.3 Å². The molecule has 1 N–H and O–H groups in total. The number of carbonyl (C=O) groups is 1. The molecule has 0 radical (unpaired) electrons. The molecule has 1 amide bonds. The number of hydrogen-bond donors (Lipinski definition) is 1. The summed E-state index contributed by atoms with van der Waals surface area (Å²) in [6.07, 6.45) is 1.71. The predicted molar refractivity (Wildman–Crippen MR) is 94.0 cm³/mol. The SMILES string of the molecule is CC[C@@H](Oc1ccccc1Cl)C(=O)NCCSCc1ccco1. The average molecular weight is 354 g/mol. The number of thioether (sulfide) groups is 1. The lowest BCUT2D eigenvalue weighted by Gasteiger charge is -2.18. The summed E-state index contributed by atoms with van der Waals surface area (Å²) in [4.78, 5) is 12.2. The lowest BCUT2D eigenvalue weighted by atomic mass is 10.2. The maximum absolute atomic E-state index is 12.2. The molecule has 1 aromatic carbocycles. The number of rotatable bonds is 9. The van der Waals surface area contributed by atoms with E-state index in [4.69, 9.17) is 20.8 Å². The van der Waals surface area contributed by atoms with E-state index >= 15 is 0 Å². The number of halogens is 1. The van der Waals surface area contributed by atoms with Gasteiger partial charge < -0.3 is 14.5 Å². The third-order valence-corrected chi connectivity index (χ3v) is 4.43. The molecule has 0 bridgehead atoms. The predicted octanol–water partition coefficient (Wildman–Crippen LogP) is 4.14. The second kappa shape index (κ2) is 9.53. The van der Waals surface area contributed by atoms with Crippen molar-refractivity contribution in [1.82, 2.24) is 5.32 Å². The van der Waals surface area contributed by atoms with Gasteiger partial charge in [0.05, 0.1) is 17.0 Å². The number of nitrogens with one attached hydrogen (secondary N) is 1. The minimum atomic E-state index is -0.537. The van der Waals surface area contributed by atoms with E-state index in [9.17, 15) is 4.79 Å². The molecule has 2 aromatic rings. The van der Waals surface area contributed by atoms with Gasteiger partial charge in [-0.1, -0.05) is 30.7 Å². The highest BCUT2D eigenvalue weighted by atomic mass is 35.5.